The van der Waals surface area contributed by atoms with E-state index in [2.05, 4.69) is 19.9 Å². The molecule has 0 atom stereocenters. The molecular formula is C18H13F2N3O4. The van der Waals surface area contributed by atoms with Crippen molar-refractivity contribution in [2.75, 3.05) is 5.32 Å². The molecule has 1 aromatic heterocycles. The van der Waals surface area contributed by atoms with Crippen LogP contribution in [-0.4, -0.2) is 22.0 Å². The van der Waals surface area contributed by atoms with Gasteiger partial charge in [-0.2, -0.15) is 5.10 Å². The molecule has 0 unspecified atom stereocenters. The molecule has 0 fully saturated rings. The lowest BCUT2D eigenvalue weighted by atomic mass is 10.2. The Kier molecular flexibility index (Phi) is 3.98. The van der Waals surface area contributed by atoms with Gasteiger partial charge in [-0.15, -0.1) is 8.78 Å². The summed E-state index contributed by atoms with van der Waals surface area (Å²) in [4.78, 5) is 24.0. The molecule has 3 aromatic rings. The maximum absolute atomic E-state index is 13.0. The second kappa shape index (κ2) is 6.35. The lowest BCUT2D eigenvalue weighted by molar-refractivity contribution is -0.286. The standard InChI is InChI=1S/C18H13F2N3O4/c19-18(20)26-15-6-5-11(9-16(15)27-18)22-17(25)7-8-23-13-4-2-1-3-12(13)14(24)10-21-23/h1-6,9-10H,7-8H2,(H,22,25). The number of alkyl halides is 2. The summed E-state index contributed by atoms with van der Waals surface area (Å²) in [6.45, 7) is 0.245. The Balaban J connectivity index is 1.44. The number of hydrogen-bond donors (Lipinski definition) is 1. The van der Waals surface area contributed by atoms with Crippen LogP contribution in [0.15, 0.2) is 53.5 Å². The molecule has 2 heterocycles. The maximum Gasteiger partial charge on any atom is 0.586 e. The van der Waals surface area contributed by atoms with Crippen LogP contribution < -0.4 is 20.2 Å². The Morgan fingerprint density at radius 3 is 2.78 bits per heavy atom. The van der Waals surface area contributed by atoms with E-state index in [1.165, 1.54) is 24.4 Å². The van der Waals surface area contributed by atoms with Crippen LogP contribution in [0.25, 0.3) is 10.9 Å². The van der Waals surface area contributed by atoms with Crippen molar-refractivity contribution >= 4 is 22.5 Å². The number of anilines is 1. The van der Waals surface area contributed by atoms with Crippen molar-refractivity contribution < 1.29 is 23.0 Å². The Labute approximate surface area is 151 Å². The first-order chi connectivity index (χ1) is 12.9. The second-order valence-corrected chi connectivity index (χ2v) is 5.88. The quantitative estimate of drug-likeness (QED) is 0.760. The van der Waals surface area contributed by atoms with E-state index in [-0.39, 0.29) is 35.8 Å². The number of amides is 1. The number of ether oxygens (including phenoxy) is 2. The molecule has 0 radical (unpaired) electrons. The molecule has 0 saturated carbocycles. The highest BCUT2D eigenvalue weighted by atomic mass is 19.3. The number of aryl methyl sites for hydroxylation is 1. The zero-order valence-corrected chi connectivity index (χ0v) is 13.8. The van der Waals surface area contributed by atoms with Gasteiger partial charge in [0.25, 0.3) is 0 Å². The fraction of sp³-hybridized carbons (Fsp3) is 0.167. The van der Waals surface area contributed by atoms with Gasteiger partial charge in [-0.1, -0.05) is 12.1 Å². The summed E-state index contributed by atoms with van der Waals surface area (Å²) in [5.74, 6) is -0.585. The molecule has 0 saturated heterocycles. The van der Waals surface area contributed by atoms with E-state index in [1.54, 1.807) is 28.9 Å². The number of para-hydroxylation sites is 1. The number of carbonyl (C=O) groups excluding carboxylic acids is 1. The van der Waals surface area contributed by atoms with Gasteiger partial charge in [0, 0.05) is 23.6 Å². The SMILES string of the molecule is O=C(CCn1ncc(=O)c2ccccc21)Nc1ccc2c(c1)OC(F)(F)O2. The molecular weight excluding hydrogens is 360 g/mol. The van der Waals surface area contributed by atoms with Gasteiger partial charge in [-0.3, -0.25) is 14.3 Å². The van der Waals surface area contributed by atoms with Crippen molar-refractivity contribution in [1.29, 1.82) is 0 Å². The molecule has 27 heavy (non-hydrogen) atoms. The summed E-state index contributed by atoms with van der Waals surface area (Å²) in [5, 5.41) is 7.18. The Morgan fingerprint density at radius 2 is 1.93 bits per heavy atom. The van der Waals surface area contributed by atoms with E-state index in [0.29, 0.717) is 16.6 Å². The molecule has 1 aliphatic rings. The van der Waals surface area contributed by atoms with Crippen LogP contribution in [0.3, 0.4) is 0 Å². The van der Waals surface area contributed by atoms with E-state index >= 15 is 0 Å². The molecule has 7 nitrogen and oxygen atoms in total. The van der Waals surface area contributed by atoms with Gasteiger partial charge in [0.2, 0.25) is 11.3 Å². The summed E-state index contributed by atoms with van der Waals surface area (Å²) in [6, 6.07) is 11.0. The van der Waals surface area contributed by atoms with Crippen LogP contribution in [-0.2, 0) is 11.3 Å². The predicted molar refractivity (Wildman–Crippen MR) is 91.9 cm³/mol. The van der Waals surface area contributed by atoms with E-state index in [1.807, 2.05) is 0 Å². The predicted octanol–water partition coefficient (Wildman–Crippen LogP) is 2.75. The maximum atomic E-state index is 13.0. The largest absolute Gasteiger partial charge is 0.586 e. The van der Waals surface area contributed by atoms with Crippen LogP contribution in [0.1, 0.15) is 6.42 Å². The van der Waals surface area contributed by atoms with Crippen molar-refractivity contribution in [1.82, 2.24) is 9.78 Å². The monoisotopic (exact) mass is 373 g/mol. The summed E-state index contributed by atoms with van der Waals surface area (Å²) in [6.07, 6.45) is -2.43. The number of nitrogens with zero attached hydrogens (tertiary/aromatic N) is 2. The van der Waals surface area contributed by atoms with E-state index in [9.17, 15) is 18.4 Å². The fourth-order valence-electron chi connectivity index (χ4n) is 2.80. The van der Waals surface area contributed by atoms with Crippen LogP contribution in [0.5, 0.6) is 11.5 Å². The number of nitrogens with one attached hydrogen (secondary N) is 1. The van der Waals surface area contributed by atoms with Crippen LogP contribution >= 0.6 is 0 Å². The number of halogens is 2. The average Bonchev–Trinajstić information content (AvgIpc) is 2.94. The van der Waals surface area contributed by atoms with Crippen molar-refractivity contribution in [3.8, 4) is 11.5 Å². The van der Waals surface area contributed by atoms with E-state index < -0.39 is 6.29 Å². The Morgan fingerprint density at radius 1 is 1.15 bits per heavy atom. The van der Waals surface area contributed by atoms with Gasteiger partial charge in [0.1, 0.15) is 0 Å². The van der Waals surface area contributed by atoms with Gasteiger partial charge in [0.05, 0.1) is 18.3 Å². The second-order valence-electron chi connectivity index (χ2n) is 5.88. The van der Waals surface area contributed by atoms with Gasteiger partial charge >= 0.3 is 6.29 Å². The number of aromatic nitrogens is 2. The smallest absolute Gasteiger partial charge is 0.395 e. The van der Waals surface area contributed by atoms with Gasteiger partial charge in [-0.25, -0.2) is 0 Å². The lowest BCUT2D eigenvalue weighted by Crippen LogP contribution is -2.25. The summed E-state index contributed by atoms with van der Waals surface area (Å²) in [7, 11) is 0. The van der Waals surface area contributed by atoms with E-state index in [4.69, 9.17) is 0 Å². The first-order valence-corrected chi connectivity index (χ1v) is 8.06. The molecule has 2 aromatic carbocycles. The third-order valence-electron chi connectivity index (χ3n) is 4.00. The Hall–Kier alpha value is -3.49. The van der Waals surface area contributed by atoms with Gasteiger partial charge in [-0.05, 0) is 24.3 Å². The summed E-state index contributed by atoms with van der Waals surface area (Å²) in [5.41, 5.74) is 0.740. The molecule has 9 heteroatoms. The van der Waals surface area contributed by atoms with Gasteiger partial charge < -0.3 is 14.8 Å². The van der Waals surface area contributed by atoms with Gasteiger partial charge in [0.15, 0.2) is 11.5 Å². The van der Waals surface area contributed by atoms with Crippen LogP contribution in [0, 0.1) is 0 Å². The lowest BCUT2D eigenvalue weighted by Gasteiger charge is -2.10. The van der Waals surface area contributed by atoms with Crippen molar-refractivity contribution in [2.45, 2.75) is 19.3 Å². The zero-order chi connectivity index (χ0) is 19.0. The number of rotatable bonds is 4. The van der Waals surface area contributed by atoms with E-state index in [0.717, 1.165) is 0 Å². The molecule has 1 N–H and O–H groups in total. The number of fused-ring (bicyclic) bond motifs is 2. The first kappa shape index (κ1) is 17.0. The van der Waals surface area contributed by atoms with Crippen molar-refractivity contribution in [3.63, 3.8) is 0 Å². The molecule has 1 amide bonds. The molecule has 0 bridgehead atoms. The third kappa shape index (κ3) is 3.43. The fourth-order valence-corrected chi connectivity index (χ4v) is 2.80. The first-order valence-electron chi connectivity index (χ1n) is 8.06. The van der Waals surface area contributed by atoms with Crippen LogP contribution in [0.4, 0.5) is 14.5 Å². The van der Waals surface area contributed by atoms with Crippen molar-refractivity contribution in [3.05, 3.63) is 58.9 Å². The van der Waals surface area contributed by atoms with Crippen LogP contribution in [0.2, 0.25) is 0 Å². The molecule has 138 valence electrons. The molecule has 4 rings (SSSR count). The highest BCUT2D eigenvalue weighted by Gasteiger charge is 2.43. The topological polar surface area (TPSA) is 82.5 Å². The minimum atomic E-state index is -3.71. The minimum absolute atomic E-state index is 0.0739. The zero-order valence-electron chi connectivity index (χ0n) is 13.8. The highest BCUT2D eigenvalue weighted by Crippen LogP contribution is 2.42. The Bertz CT molecular complexity index is 1100. The summed E-state index contributed by atoms with van der Waals surface area (Å²) < 4.78 is 36.3. The number of carbonyl (C=O) groups is 1. The van der Waals surface area contributed by atoms with Crippen molar-refractivity contribution in [2.24, 2.45) is 0 Å². The molecule has 1 aliphatic heterocycles. The number of hydrogen-bond acceptors (Lipinski definition) is 5. The average molecular weight is 373 g/mol. The summed E-state index contributed by atoms with van der Waals surface area (Å²) >= 11 is 0. The normalized spacial score (nSPS) is 14.3. The minimum Gasteiger partial charge on any atom is -0.395 e. The molecule has 0 spiro atoms. The number of benzene rings is 2. The third-order valence-corrected chi connectivity index (χ3v) is 4.00. The molecule has 0 aliphatic carbocycles. The highest BCUT2D eigenvalue weighted by molar-refractivity contribution is 5.91.